The van der Waals surface area contributed by atoms with Crippen LogP contribution in [0.4, 0.5) is 4.39 Å². The average molecular weight is 266 g/mol. The maximum Gasteiger partial charge on any atom is 0.255 e. The van der Waals surface area contributed by atoms with Crippen LogP contribution in [0.2, 0.25) is 0 Å². The molecular weight excluding hydrogens is 247 g/mol. The maximum atomic E-state index is 13.1. The summed E-state index contributed by atoms with van der Waals surface area (Å²) in [5.74, 6) is -1.19. The fraction of sp³-hybridized carbons (Fsp3) is 0.500. The third-order valence-corrected chi connectivity index (χ3v) is 3.51. The number of phenols is 1. The summed E-state index contributed by atoms with van der Waals surface area (Å²) in [7, 11) is 0. The van der Waals surface area contributed by atoms with Crippen molar-refractivity contribution in [1.82, 2.24) is 10.6 Å². The van der Waals surface area contributed by atoms with Crippen LogP contribution in [0.1, 0.15) is 36.5 Å². The fourth-order valence-corrected chi connectivity index (χ4v) is 2.38. The lowest BCUT2D eigenvalue weighted by molar-refractivity contribution is 0.0925. The minimum Gasteiger partial charge on any atom is -0.507 e. The minimum atomic E-state index is -0.536. The third kappa shape index (κ3) is 3.44. The van der Waals surface area contributed by atoms with Crippen LogP contribution in [-0.4, -0.2) is 29.6 Å². The molecule has 1 amide bonds. The zero-order valence-corrected chi connectivity index (χ0v) is 10.9. The normalized spacial score (nSPS) is 20.8. The molecule has 1 heterocycles. The first-order valence-electron chi connectivity index (χ1n) is 6.60. The predicted octanol–water partition coefficient (Wildman–Crippen LogP) is 1.79. The molecule has 1 aliphatic rings. The Bertz CT molecular complexity index is 459. The zero-order chi connectivity index (χ0) is 13.8. The highest BCUT2D eigenvalue weighted by atomic mass is 19.1. The van der Waals surface area contributed by atoms with Crippen LogP contribution in [0.3, 0.4) is 0 Å². The first kappa shape index (κ1) is 13.8. The van der Waals surface area contributed by atoms with Crippen molar-refractivity contribution >= 4 is 5.91 Å². The van der Waals surface area contributed by atoms with Crippen LogP contribution >= 0.6 is 0 Å². The molecular formula is C14H19FN2O2. The van der Waals surface area contributed by atoms with Crippen LogP contribution in [0.15, 0.2) is 18.2 Å². The van der Waals surface area contributed by atoms with Gasteiger partial charge in [0.15, 0.2) is 0 Å². The molecule has 0 saturated carbocycles. The Kier molecular flexibility index (Phi) is 4.37. The molecule has 104 valence electrons. The molecule has 0 aliphatic carbocycles. The van der Waals surface area contributed by atoms with Crippen LogP contribution < -0.4 is 10.6 Å². The number of halogens is 1. The summed E-state index contributed by atoms with van der Waals surface area (Å²) in [6.45, 7) is 2.87. The number of hydrogen-bond acceptors (Lipinski definition) is 3. The lowest BCUT2D eigenvalue weighted by atomic mass is 9.99. The van der Waals surface area contributed by atoms with E-state index in [2.05, 4.69) is 10.6 Å². The van der Waals surface area contributed by atoms with Gasteiger partial charge in [-0.2, -0.15) is 0 Å². The lowest BCUT2D eigenvalue weighted by Gasteiger charge is -2.29. The number of benzene rings is 1. The number of rotatable bonds is 3. The molecule has 1 fully saturated rings. The molecule has 1 aromatic carbocycles. The Morgan fingerprint density at radius 2 is 2.32 bits per heavy atom. The third-order valence-electron chi connectivity index (χ3n) is 3.51. The lowest BCUT2D eigenvalue weighted by Crippen LogP contribution is -2.50. The van der Waals surface area contributed by atoms with Crippen molar-refractivity contribution in [2.75, 3.05) is 6.54 Å². The van der Waals surface area contributed by atoms with Gasteiger partial charge in [-0.15, -0.1) is 0 Å². The summed E-state index contributed by atoms with van der Waals surface area (Å²) in [5.41, 5.74) is -0.0253. The van der Waals surface area contributed by atoms with Gasteiger partial charge in [0, 0.05) is 12.1 Å². The van der Waals surface area contributed by atoms with Crippen molar-refractivity contribution in [2.24, 2.45) is 0 Å². The van der Waals surface area contributed by atoms with Gasteiger partial charge in [-0.25, -0.2) is 4.39 Å². The second-order valence-corrected chi connectivity index (χ2v) is 4.98. The van der Waals surface area contributed by atoms with E-state index in [0.717, 1.165) is 37.9 Å². The largest absolute Gasteiger partial charge is 0.507 e. The Hall–Kier alpha value is -1.62. The number of amides is 1. The van der Waals surface area contributed by atoms with Gasteiger partial charge in [-0.1, -0.05) is 6.42 Å². The van der Waals surface area contributed by atoms with Gasteiger partial charge in [-0.3, -0.25) is 4.79 Å². The number of nitrogens with one attached hydrogen (secondary N) is 2. The van der Waals surface area contributed by atoms with Gasteiger partial charge >= 0.3 is 0 Å². The first-order valence-corrected chi connectivity index (χ1v) is 6.60. The van der Waals surface area contributed by atoms with Crippen LogP contribution in [0.5, 0.6) is 5.75 Å². The van der Waals surface area contributed by atoms with E-state index in [9.17, 15) is 14.3 Å². The topological polar surface area (TPSA) is 61.4 Å². The molecule has 0 aromatic heterocycles. The van der Waals surface area contributed by atoms with E-state index < -0.39 is 11.7 Å². The van der Waals surface area contributed by atoms with Crippen molar-refractivity contribution in [3.05, 3.63) is 29.6 Å². The molecule has 5 heteroatoms. The summed E-state index contributed by atoms with van der Waals surface area (Å²) in [6, 6.07) is 3.53. The molecule has 0 radical (unpaired) electrons. The molecule has 19 heavy (non-hydrogen) atoms. The smallest absolute Gasteiger partial charge is 0.255 e. The van der Waals surface area contributed by atoms with Crippen molar-refractivity contribution in [1.29, 1.82) is 0 Å². The molecule has 2 rings (SSSR count). The monoisotopic (exact) mass is 266 g/mol. The maximum absolute atomic E-state index is 13.1. The first-order chi connectivity index (χ1) is 9.08. The SMILES string of the molecule is CC(NC(=O)c1cc(F)ccc1O)C1CCCCN1. The Balaban J connectivity index is 2.01. The minimum absolute atomic E-state index is 0.0253. The van der Waals surface area contributed by atoms with Crippen LogP contribution in [0.25, 0.3) is 0 Å². The number of carbonyl (C=O) groups is 1. The van der Waals surface area contributed by atoms with Gasteiger partial charge in [0.1, 0.15) is 11.6 Å². The molecule has 0 bridgehead atoms. The number of carbonyl (C=O) groups excluding carboxylic acids is 1. The summed E-state index contributed by atoms with van der Waals surface area (Å²) in [5, 5.41) is 15.7. The van der Waals surface area contributed by atoms with E-state index in [1.807, 2.05) is 6.92 Å². The highest BCUT2D eigenvalue weighted by molar-refractivity contribution is 5.97. The quantitative estimate of drug-likeness (QED) is 0.781. The molecule has 1 saturated heterocycles. The second kappa shape index (κ2) is 6.02. The van der Waals surface area contributed by atoms with Gasteiger partial charge < -0.3 is 15.7 Å². The average Bonchev–Trinajstić information content (AvgIpc) is 2.42. The van der Waals surface area contributed by atoms with Crippen LogP contribution in [0, 0.1) is 5.82 Å². The summed E-state index contributed by atoms with van der Waals surface area (Å²) in [6.07, 6.45) is 3.31. The predicted molar refractivity (Wildman–Crippen MR) is 70.6 cm³/mol. The molecule has 1 aliphatic heterocycles. The Labute approximate surface area is 112 Å². The van der Waals surface area contributed by atoms with Crippen molar-refractivity contribution < 1.29 is 14.3 Å². The number of hydrogen-bond donors (Lipinski definition) is 3. The van der Waals surface area contributed by atoms with Crippen LogP contribution in [-0.2, 0) is 0 Å². The van der Waals surface area contributed by atoms with Crippen molar-refractivity contribution in [3.8, 4) is 5.75 Å². The van der Waals surface area contributed by atoms with E-state index in [1.54, 1.807) is 0 Å². The fourth-order valence-electron chi connectivity index (χ4n) is 2.38. The molecule has 2 atom stereocenters. The van der Waals surface area contributed by atoms with Gasteiger partial charge in [-0.05, 0) is 44.5 Å². The standard InChI is InChI=1S/C14H19FN2O2/c1-9(12-4-2-3-7-16-12)17-14(19)11-8-10(15)5-6-13(11)18/h5-6,8-9,12,16,18H,2-4,7H2,1H3,(H,17,19). The molecule has 3 N–H and O–H groups in total. The number of phenolic OH excluding ortho intramolecular Hbond substituents is 1. The number of piperidine rings is 1. The Morgan fingerprint density at radius 3 is 3.00 bits per heavy atom. The van der Waals surface area contributed by atoms with Crippen molar-refractivity contribution in [2.45, 2.75) is 38.3 Å². The molecule has 2 unspecified atom stereocenters. The van der Waals surface area contributed by atoms with Gasteiger partial charge in [0.2, 0.25) is 0 Å². The molecule has 1 aromatic rings. The number of aromatic hydroxyl groups is 1. The second-order valence-electron chi connectivity index (χ2n) is 4.98. The van der Waals surface area contributed by atoms with E-state index in [0.29, 0.717) is 0 Å². The van der Waals surface area contributed by atoms with E-state index in [1.165, 1.54) is 6.07 Å². The molecule has 0 spiro atoms. The zero-order valence-electron chi connectivity index (χ0n) is 10.9. The summed E-state index contributed by atoms with van der Waals surface area (Å²) < 4.78 is 13.1. The molecule has 4 nitrogen and oxygen atoms in total. The highest BCUT2D eigenvalue weighted by Gasteiger charge is 2.22. The van der Waals surface area contributed by atoms with E-state index in [4.69, 9.17) is 0 Å². The highest BCUT2D eigenvalue weighted by Crippen LogP contribution is 2.18. The summed E-state index contributed by atoms with van der Waals surface area (Å²) in [4.78, 5) is 12.0. The Morgan fingerprint density at radius 1 is 1.53 bits per heavy atom. The van der Waals surface area contributed by atoms with Crippen molar-refractivity contribution in [3.63, 3.8) is 0 Å². The van der Waals surface area contributed by atoms with Gasteiger partial charge in [0.25, 0.3) is 5.91 Å². The van der Waals surface area contributed by atoms with E-state index in [-0.39, 0.29) is 23.4 Å². The summed E-state index contributed by atoms with van der Waals surface area (Å²) >= 11 is 0. The van der Waals surface area contributed by atoms with Gasteiger partial charge in [0.05, 0.1) is 5.56 Å². The van der Waals surface area contributed by atoms with E-state index >= 15 is 0 Å².